The highest BCUT2D eigenvalue weighted by Crippen LogP contribution is 2.15. The average molecular weight is 268 g/mol. The molecule has 0 fully saturated rings. The minimum absolute atomic E-state index is 0.0919. The SMILES string of the molecule is CN(c1cnn(C)c1)S(=O)(=O)CBr. The first-order chi connectivity index (χ1) is 5.97. The first kappa shape index (κ1) is 10.5. The summed E-state index contributed by atoms with van der Waals surface area (Å²) in [7, 11) is -0.0134. The molecule has 0 atom stereocenters. The quantitative estimate of drug-likeness (QED) is 0.752. The molecule has 0 aliphatic rings. The molecule has 7 heteroatoms. The molecule has 74 valence electrons. The van der Waals surface area contributed by atoms with E-state index in [9.17, 15) is 8.42 Å². The lowest BCUT2D eigenvalue weighted by molar-refractivity contribution is 0.599. The van der Waals surface area contributed by atoms with Crippen LogP contribution in [-0.2, 0) is 17.1 Å². The van der Waals surface area contributed by atoms with E-state index in [1.807, 2.05) is 0 Å². The van der Waals surface area contributed by atoms with Crippen molar-refractivity contribution in [2.75, 3.05) is 16.0 Å². The zero-order chi connectivity index (χ0) is 10.1. The van der Waals surface area contributed by atoms with Gasteiger partial charge in [0.1, 0.15) is 4.66 Å². The Kier molecular flexibility index (Phi) is 2.97. The van der Waals surface area contributed by atoms with Crippen molar-refractivity contribution in [1.82, 2.24) is 9.78 Å². The van der Waals surface area contributed by atoms with E-state index in [1.54, 1.807) is 17.9 Å². The fourth-order valence-corrected chi connectivity index (χ4v) is 2.29. The van der Waals surface area contributed by atoms with Gasteiger partial charge < -0.3 is 0 Å². The minimum atomic E-state index is -3.24. The summed E-state index contributed by atoms with van der Waals surface area (Å²) in [6.07, 6.45) is 3.14. The third kappa shape index (κ3) is 2.22. The summed E-state index contributed by atoms with van der Waals surface area (Å²) < 4.78 is 25.4. The number of halogens is 1. The summed E-state index contributed by atoms with van der Waals surface area (Å²) in [5.74, 6) is 0. The van der Waals surface area contributed by atoms with Crippen LogP contribution in [0.4, 0.5) is 5.69 Å². The number of hydrogen-bond acceptors (Lipinski definition) is 3. The molecule has 1 aromatic rings. The Hall–Kier alpha value is -0.560. The predicted octanol–water partition coefficient (Wildman–Crippen LogP) is 0.539. The van der Waals surface area contributed by atoms with Crippen molar-refractivity contribution in [2.24, 2.45) is 7.05 Å². The van der Waals surface area contributed by atoms with Crippen molar-refractivity contribution >= 4 is 31.6 Å². The summed E-state index contributed by atoms with van der Waals surface area (Å²) in [6.45, 7) is 0. The van der Waals surface area contributed by atoms with Crippen molar-refractivity contribution in [3.8, 4) is 0 Å². The lowest BCUT2D eigenvalue weighted by atomic mass is 10.6. The molecular weight excluding hydrogens is 258 g/mol. The Balaban J connectivity index is 2.98. The van der Waals surface area contributed by atoms with Gasteiger partial charge in [0.05, 0.1) is 11.9 Å². The van der Waals surface area contributed by atoms with Crippen molar-refractivity contribution < 1.29 is 8.42 Å². The second-order valence-corrected chi connectivity index (χ2v) is 5.86. The van der Waals surface area contributed by atoms with Crippen molar-refractivity contribution in [3.63, 3.8) is 0 Å². The van der Waals surface area contributed by atoms with Gasteiger partial charge in [-0.1, -0.05) is 15.9 Å². The number of aromatic nitrogens is 2. The van der Waals surface area contributed by atoms with Gasteiger partial charge in [-0.15, -0.1) is 0 Å². The summed E-state index contributed by atoms with van der Waals surface area (Å²) in [5, 5.41) is 3.88. The fraction of sp³-hybridized carbons (Fsp3) is 0.500. The molecule has 0 amide bonds. The van der Waals surface area contributed by atoms with E-state index in [0.717, 1.165) is 0 Å². The zero-order valence-corrected chi connectivity index (χ0v) is 9.71. The maximum Gasteiger partial charge on any atom is 0.245 e. The van der Waals surface area contributed by atoms with Crippen LogP contribution in [0.3, 0.4) is 0 Å². The molecule has 0 aliphatic carbocycles. The van der Waals surface area contributed by atoms with Crippen LogP contribution in [0.25, 0.3) is 0 Å². The number of nitrogens with zero attached hydrogens (tertiary/aromatic N) is 3. The van der Waals surface area contributed by atoms with Gasteiger partial charge in [0.15, 0.2) is 0 Å². The molecule has 0 saturated carbocycles. The minimum Gasteiger partial charge on any atom is -0.274 e. The highest BCUT2D eigenvalue weighted by molar-refractivity contribution is 9.10. The molecule has 0 N–H and O–H groups in total. The van der Waals surface area contributed by atoms with Crippen LogP contribution in [-0.4, -0.2) is 29.9 Å². The first-order valence-corrected chi connectivity index (χ1v) is 6.21. The van der Waals surface area contributed by atoms with Crippen molar-refractivity contribution in [3.05, 3.63) is 12.4 Å². The molecule has 0 unspecified atom stereocenters. The zero-order valence-electron chi connectivity index (χ0n) is 7.31. The van der Waals surface area contributed by atoms with Gasteiger partial charge in [0.2, 0.25) is 10.0 Å². The Labute approximate surface area is 85.5 Å². The summed E-state index contributed by atoms with van der Waals surface area (Å²) >= 11 is 2.92. The van der Waals surface area contributed by atoms with Gasteiger partial charge in [-0.05, 0) is 0 Å². The molecule has 1 aromatic heterocycles. The van der Waals surface area contributed by atoms with Crippen LogP contribution >= 0.6 is 15.9 Å². The van der Waals surface area contributed by atoms with Crippen LogP contribution in [0.5, 0.6) is 0 Å². The molecule has 1 heterocycles. The molecule has 0 bridgehead atoms. The monoisotopic (exact) mass is 267 g/mol. The number of alkyl halides is 1. The predicted molar refractivity (Wildman–Crippen MR) is 54.3 cm³/mol. The van der Waals surface area contributed by atoms with Crippen LogP contribution in [0, 0.1) is 0 Å². The lowest BCUT2D eigenvalue weighted by Gasteiger charge is -2.14. The van der Waals surface area contributed by atoms with Gasteiger partial charge in [-0.25, -0.2) is 8.42 Å². The third-order valence-electron chi connectivity index (χ3n) is 1.61. The number of sulfonamides is 1. The highest BCUT2D eigenvalue weighted by atomic mass is 79.9. The lowest BCUT2D eigenvalue weighted by Crippen LogP contribution is -2.26. The van der Waals surface area contributed by atoms with E-state index in [4.69, 9.17) is 0 Å². The van der Waals surface area contributed by atoms with Gasteiger partial charge in [-0.2, -0.15) is 5.10 Å². The van der Waals surface area contributed by atoms with Gasteiger partial charge >= 0.3 is 0 Å². The average Bonchev–Trinajstić information content (AvgIpc) is 2.50. The van der Waals surface area contributed by atoms with Crippen LogP contribution in [0.2, 0.25) is 0 Å². The van der Waals surface area contributed by atoms with E-state index in [0.29, 0.717) is 5.69 Å². The smallest absolute Gasteiger partial charge is 0.245 e. The Morgan fingerprint density at radius 2 is 2.31 bits per heavy atom. The first-order valence-electron chi connectivity index (χ1n) is 3.48. The molecule has 1 rings (SSSR count). The Morgan fingerprint density at radius 1 is 1.69 bits per heavy atom. The number of aryl methyl sites for hydroxylation is 1. The fourth-order valence-electron chi connectivity index (χ4n) is 0.805. The second kappa shape index (κ2) is 3.67. The Morgan fingerprint density at radius 3 is 2.69 bits per heavy atom. The molecule has 0 saturated heterocycles. The molecule has 0 aromatic carbocycles. The van der Waals surface area contributed by atoms with Crippen LogP contribution in [0.1, 0.15) is 0 Å². The van der Waals surface area contributed by atoms with Gasteiger partial charge in [-0.3, -0.25) is 8.99 Å². The summed E-state index contributed by atoms with van der Waals surface area (Å²) in [4.78, 5) is 0. The molecule has 0 aliphatic heterocycles. The van der Waals surface area contributed by atoms with Crippen LogP contribution in [0.15, 0.2) is 12.4 Å². The molecule has 0 radical (unpaired) electrons. The highest BCUT2D eigenvalue weighted by Gasteiger charge is 2.17. The largest absolute Gasteiger partial charge is 0.274 e. The topological polar surface area (TPSA) is 55.2 Å². The van der Waals surface area contributed by atoms with E-state index in [1.165, 1.54) is 17.5 Å². The maximum absolute atomic E-state index is 11.4. The van der Waals surface area contributed by atoms with Gasteiger partial charge in [0.25, 0.3) is 0 Å². The molecule has 13 heavy (non-hydrogen) atoms. The summed E-state index contributed by atoms with van der Waals surface area (Å²) in [6, 6.07) is 0. The Bertz CT molecular complexity index is 386. The van der Waals surface area contributed by atoms with E-state index < -0.39 is 10.0 Å². The standard InChI is InChI=1S/C6H10BrN3O2S/c1-9-4-6(3-8-9)10(2)13(11,12)5-7/h3-4H,5H2,1-2H3. The second-order valence-electron chi connectivity index (χ2n) is 2.56. The number of rotatable bonds is 3. The van der Waals surface area contributed by atoms with E-state index in [-0.39, 0.29) is 4.66 Å². The number of anilines is 1. The van der Waals surface area contributed by atoms with E-state index >= 15 is 0 Å². The molecule has 0 spiro atoms. The van der Waals surface area contributed by atoms with Gasteiger partial charge in [0, 0.05) is 20.3 Å². The maximum atomic E-state index is 11.4. The van der Waals surface area contributed by atoms with Crippen LogP contribution < -0.4 is 4.31 Å². The normalized spacial score (nSPS) is 11.6. The van der Waals surface area contributed by atoms with E-state index in [2.05, 4.69) is 21.0 Å². The van der Waals surface area contributed by atoms with Crippen molar-refractivity contribution in [2.45, 2.75) is 0 Å². The summed E-state index contributed by atoms with van der Waals surface area (Å²) in [5.41, 5.74) is 0.557. The number of hydrogen-bond donors (Lipinski definition) is 0. The van der Waals surface area contributed by atoms with Crippen molar-refractivity contribution in [1.29, 1.82) is 0 Å². The molecule has 5 nitrogen and oxygen atoms in total. The third-order valence-corrected chi connectivity index (χ3v) is 4.67. The molecular formula is C6H10BrN3O2S.